The molecule has 0 aromatic heterocycles. The molecule has 4 heteroatoms. The molecule has 0 aliphatic carbocycles. The van der Waals surface area contributed by atoms with Crippen LogP contribution >= 0.6 is 0 Å². The van der Waals surface area contributed by atoms with E-state index in [-0.39, 0.29) is 0 Å². The summed E-state index contributed by atoms with van der Waals surface area (Å²) in [7, 11) is 1.91. The maximum atomic E-state index is 4.53. The third kappa shape index (κ3) is 4.75. The van der Waals surface area contributed by atoms with Crippen LogP contribution in [0.15, 0.2) is 35.3 Å². The molecule has 2 fully saturated rings. The summed E-state index contributed by atoms with van der Waals surface area (Å²) in [6, 6.07) is 11.7. The fourth-order valence-corrected chi connectivity index (χ4v) is 4.34. The zero-order valence-electron chi connectivity index (χ0n) is 16.1. The van der Waals surface area contributed by atoms with Crippen molar-refractivity contribution in [2.24, 2.45) is 16.8 Å². The summed E-state index contributed by atoms with van der Waals surface area (Å²) in [5.74, 6) is 2.50. The van der Waals surface area contributed by atoms with Gasteiger partial charge in [0.25, 0.3) is 0 Å². The summed E-state index contributed by atoms with van der Waals surface area (Å²) in [5, 5.41) is 3.55. The van der Waals surface area contributed by atoms with Gasteiger partial charge in [-0.3, -0.25) is 9.89 Å². The Kier molecular flexibility index (Phi) is 6.35. The Hall–Kier alpha value is -1.55. The molecule has 4 nitrogen and oxygen atoms in total. The number of aliphatic imine (C=N–C) groups is 1. The van der Waals surface area contributed by atoms with Crippen molar-refractivity contribution >= 4 is 5.96 Å². The first-order chi connectivity index (χ1) is 12.2. The van der Waals surface area contributed by atoms with E-state index < -0.39 is 0 Å². The minimum absolute atomic E-state index is 0.644. The molecule has 0 spiro atoms. The molecule has 0 bridgehead atoms. The highest BCUT2D eigenvalue weighted by molar-refractivity contribution is 5.80. The van der Waals surface area contributed by atoms with Gasteiger partial charge in [0, 0.05) is 39.3 Å². The highest BCUT2D eigenvalue weighted by atomic mass is 15.3. The molecular weight excluding hydrogens is 308 g/mol. The normalized spacial score (nSPS) is 25.1. The Morgan fingerprint density at radius 1 is 1.20 bits per heavy atom. The predicted octanol–water partition coefficient (Wildman–Crippen LogP) is 3.20. The van der Waals surface area contributed by atoms with Crippen LogP contribution in [0.1, 0.15) is 38.7 Å². The van der Waals surface area contributed by atoms with Crippen molar-refractivity contribution in [1.29, 1.82) is 0 Å². The van der Waals surface area contributed by atoms with Gasteiger partial charge in [0.05, 0.1) is 0 Å². The van der Waals surface area contributed by atoms with Gasteiger partial charge in [-0.1, -0.05) is 44.2 Å². The lowest BCUT2D eigenvalue weighted by atomic mass is 9.83. The van der Waals surface area contributed by atoms with Crippen LogP contribution < -0.4 is 5.32 Å². The lowest BCUT2D eigenvalue weighted by Crippen LogP contribution is -2.56. The number of hydrogen-bond donors (Lipinski definition) is 1. The van der Waals surface area contributed by atoms with E-state index >= 15 is 0 Å². The number of guanidine groups is 1. The summed E-state index contributed by atoms with van der Waals surface area (Å²) >= 11 is 0. The van der Waals surface area contributed by atoms with E-state index in [0.29, 0.717) is 5.92 Å². The molecule has 1 aromatic rings. The van der Waals surface area contributed by atoms with E-state index in [0.717, 1.165) is 44.1 Å². The number of rotatable bonds is 4. The topological polar surface area (TPSA) is 30.9 Å². The monoisotopic (exact) mass is 342 g/mol. The quantitative estimate of drug-likeness (QED) is 0.673. The van der Waals surface area contributed by atoms with Crippen LogP contribution in [0, 0.1) is 11.8 Å². The second kappa shape index (κ2) is 8.70. The molecule has 0 amide bonds. The van der Waals surface area contributed by atoms with E-state index in [1.807, 2.05) is 7.05 Å². The molecule has 25 heavy (non-hydrogen) atoms. The molecule has 0 saturated carbocycles. The molecule has 2 unspecified atom stereocenters. The molecule has 1 aromatic carbocycles. The third-order valence-corrected chi connectivity index (χ3v) is 5.59. The molecular formula is C21H34N4. The summed E-state index contributed by atoms with van der Waals surface area (Å²) < 4.78 is 0. The van der Waals surface area contributed by atoms with Crippen molar-refractivity contribution in [3.63, 3.8) is 0 Å². The van der Waals surface area contributed by atoms with Crippen LogP contribution in [0.3, 0.4) is 0 Å². The number of likely N-dealkylation sites (tertiary alicyclic amines) is 2. The maximum Gasteiger partial charge on any atom is 0.193 e. The van der Waals surface area contributed by atoms with Gasteiger partial charge in [0.2, 0.25) is 0 Å². The lowest BCUT2D eigenvalue weighted by molar-refractivity contribution is 0.0372. The molecule has 2 heterocycles. The molecule has 0 radical (unpaired) electrons. The largest absolute Gasteiger partial charge is 0.356 e. The summed E-state index contributed by atoms with van der Waals surface area (Å²) in [6.07, 6.45) is 3.92. The van der Waals surface area contributed by atoms with E-state index in [9.17, 15) is 0 Å². The van der Waals surface area contributed by atoms with E-state index in [2.05, 4.69) is 64.3 Å². The van der Waals surface area contributed by atoms with Crippen molar-refractivity contribution in [3.05, 3.63) is 35.9 Å². The zero-order chi connectivity index (χ0) is 17.6. The summed E-state index contributed by atoms with van der Waals surface area (Å²) in [4.78, 5) is 9.73. The fraction of sp³-hybridized carbons (Fsp3) is 0.667. The van der Waals surface area contributed by atoms with Gasteiger partial charge >= 0.3 is 0 Å². The van der Waals surface area contributed by atoms with Gasteiger partial charge in [0.15, 0.2) is 5.96 Å². The van der Waals surface area contributed by atoms with Crippen molar-refractivity contribution in [1.82, 2.24) is 15.1 Å². The Morgan fingerprint density at radius 3 is 2.72 bits per heavy atom. The number of benzene rings is 1. The van der Waals surface area contributed by atoms with Crippen LogP contribution in [0.4, 0.5) is 0 Å². The molecule has 3 rings (SSSR count). The summed E-state index contributed by atoms with van der Waals surface area (Å²) in [6.45, 7) is 10.1. The van der Waals surface area contributed by atoms with Crippen LogP contribution in [-0.2, 0) is 6.54 Å². The average Bonchev–Trinajstić information content (AvgIpc) is 2.63. The summed E-state index contributed by atoms with van der Waals surface area (Å²) in [5.41, 5.74) is 1.44. The van der Waals surface area contributed by atoms with Crippen LogP contribution in [-0.4, -0.2) is 55.0 Å². The number of hydrogen-bond acceptors (Lipinski definition) is 2. The predicted molar refractivity (Wildman–Crippen MR) is 106 cm³/mol. The second-order valence-corrected chi connectivity index (χ2v) is 7.98. The first-order valence-corrected chi connectivity index (χ1v) is 9.91. The van der Waals surface area contributed by atoms with E-state index in [1.54, 1.807) is 0 Å². The van der Waals surface area contributed by atoms with Gasteiger partial charge in [-0.15, -0.1) is 0 Å². The maximum absolute atomic E-state index is 4.53. The SMILES string of the molecule is CN=C(NCC(C)C)N1CCC2C(CCCN2Cc2ccccc2)C1. The minimum Gasteiger partial charge on any atom is -0.356 e. The van der Waals surface area contributed by atoms with Gasteiger partial charge in [0.1, 0.15) is 0 Å². The fourth-order valence-electron chi connectivity index (χ4n) is 4.34. The second-order valence-electron chi connectivity index (χ2n) is 7.98. The smallest absolute Gasteiger partial charge is 0.193 e. The highest BCUT2D eigenvalue weighted by Crippen LogP contribution is 2.31. The Bertz CT molecular complexity index is 554. The van der Waals surface area contributed by atoms with Gasteiger partial charge in [-0.05, 0) is 43.2 Å². The van der Waals surface area contributed by atoms with Crippen LogP contribution in [0.2, 0.25) is 0 Å². The van der Waals surface area contributed by atoms with E-state index in [4.69, 9.17) is 0 Å². The number of fused-ring (bicyclic) bond motifs is 1. The number of nitrogens with zero attached hydrogens (tertiary/aromatic N) is 3. The molecule has 138 valence electrons. The van der Waals surface area contributed by atoms with Crippen molar-refractivity contribution in [2.75, 3.05) is 33.2 Å². The van der Waals surface area contributed by atoms with Crippen molar-refractivity contribution in [2.45, 2.75) is 45.7 Å². The number of piperidine rings is 2. The minimum atomic E-state index is 0.644. The van der Waals surface area contributed by atoms with Gasteiger partial charge in [-0.25, -0.2) is 0 Å². The van der Waals surface area contributed by atoms with E-state index in [1.165, 1.54) is 31.4 Å². The third-order valence-electron chi connectivity index (χ3n) is 5.59. The van der Waals surface area contributed by atoms with Gasteiger partial charge in [-0.2, -0.15) is 0 Å². The standard InChI is InChI=1S/C21H34N4/c1-17(2)14-23-21(22-3)25-13-11-20-19(16-25)10-7-12-24(20)15-18-8-5-4-6-9-18/h4-6,8-9,17,19-20H,7,10-16H2,1-3H3,(H,22,23). The highest BCUT2D eigenvalue weighted by Gasteiger charge is 2.36. The van der Waals surface area contributed by atoms with Crippen molar-refractivity contribution < 1.29 is 0 Å². The first kappa shape index (κ1) is 18.2. The first-order valence-electron chi connectivity index (χ1n) is 9.91. The Morgan fingerprint density at radius 2 is 2.00 bits per heavy atom. The van der Waals surface area contributed by atoms with Gasteiger partial charge < -0.3 is 10.2 Å². The number of nitrogens with one attached hydrogen (secondary N) is 1. The molecule has 2 saturated heterocycles. The molecule has 2 aliphatic heterocycles. The zero-order valence-corrected chi connectivity index (χ0v) is 16.1. The van der Waals surface area contributed by atoms with Crippen LogP contribution in [0.25, 0.3) is 0 Å². The lowest BCUT2D eigenvalue weighted by Gasteiger charge is -2.48. The average molecular weight is 343 g/mol. The Labute approximate surface area is 153 Å². The van der Waals surface area contributed by atoms with Crippen molar-refractivity contribution in [3.8, 4) is 0 Å². The molecule has 2 atom stereocenters. The Balaban J connectivity index is 1.60. The van der Waals surface area contributed by atoms with Crippen LogP contribution in [0.5, 0.6) is 0 Å². The molecule has 2 aliphatic rings. The molecule has 1 N–H and O–H groups in total.